The molecule has 0 saturated carbocycles. The maximum Gasteiger partial charge on any atom is 0.264 e. The number of nitrogens with one attached hydrogen (secondary N) is 1. The van der Waals surface area contributed by atoms with Crippen LogP contribution in [0.15, 0.2) is 71.6 Å². The van der Waals surface area contributed by atoms with Crippen molar-refractivity contribution in [3.05, 3.63) is 77.9 Å². The molecule has 30 heavy (non-hydrogen) atoms. The van der Waals surface area contributed by atoms with Gasteiger partial charge in [0.25, 0.3) is 15.9 Å². The maximum atomic E-state index is 12.8. The van der Waals surface area contributed by atoms with Crippen LogP contribution in [-0.4, -0.2) is 21.4 Å². The Morgan fingerprint density at radius 3 is 2.43 bits per heavy atom. The fourth-order valence-corrected chi connectivity index (χ4v) is 5.12. The molecule has 0 fully saturated rings. The minimum Gasteiger partial charge on any atom is -0.322 e. The molecule has 3 aromatic rings. The number of fused-ring (bicyclic) bond motifs is 3. The number of rotatable bonds is 5. The van der Waals surface area contributed by atoms with Gasteiger partial charge in [-0.2, -0.15) is 0 Å². The molecule has 0 unspecified atom stereocenters. The molecule has 1 aliphatic rings. The van der Waals surface area contributed by atoms with Gasteiger partial charge in [-0.1, -0.05) is 43.7 Å². The molecule has 0 radical (unpaired) electrons. The van der Waals surface area contributed by atoms with E-state index >= 15 is 0 Å². The van der Waals surface area contributed by atoms with Gasteiger partial charge >= 0.3 is 0 Å². The number of sulfonamides is 1. The summed E-state index contributed by atoms with van der Waals surface area (Å²) in [5, 5.41) is 2.93. The lowest BCUT2D eigenvalue weighted by Crippen LogP contribution is -2.30. The minimum absolute atomic E-state index is 0.229. The Morgan fingerprint density at radius 2 is 1.70 bits per heavy atom. The van der Waals surface area contributed by atoms with E-state index in [0.717, 1.165) is 30.5 Å². The van der Waals surface area contributed by atoms with E-state index in [2.05, 4.69) is 12.2 Å². The number of unbranched alkanes of at least 4 members (excludes halogenated alkanes) is 1. The monoisotopic (exact) mass is 420 g/mol. The van der Waals surface area contributed by atoms with Crippen LogP contribution >= 0.6 is 0 Å². The quantitative estimate of drug-likeness (QED) is 0.625. The van der Waals surface area contributed by atoms with Crippen LogP contribution in [0.1, 0.15) is 35.7 Å². The zero-order valence-electron chi connectivity index (χ0n) is 17.1. The second-order valence-corrected chi connectivity index (χ2v) is 9.39. The molecule has 1 N–H and O–H groups in total. The molecule has 1 aliphatic heterocycles. The number of carbonyl (C=O) groups excluding carboxylic acids is 1. The van der Waals surface area contributed by atoms with Crippen LogP contribution < -0.4 is 9.62 Å². The van der Waals surface area contributed by atoms with Gasteiger partial charge in [0.05, 0.1) is 10.6 Å². The highest BCUT2D eigenvalue weighted by Crippen LogP contribution is 2.42. The van der Waals surface area contributed by atoms with Gasteiger partial charge in [0.1, 0.15) is 0 Å². The van der Waals surface area contributed by atoms with Crippen LogP contribution in [0.3, 0.4) is 0 Å². The van der Waals surface area contributed by atoms with Crippen LogP contribution in [0.2, 0.25) is 0 Å². The Bertz CT molecular complexity index is 1200. The van der Waals surface area contributed by atoms with E-state index in [1.807, 2.05) is 24.3 Å². The summed E-state index contributed by atoms with van der Waals surface area (Å²) < 4.78 is 26.8. The highest BCUT2D eigenvalue weighted by atomic mass is 32.2. The first kappa shape index (κ1) is 20.2. The van der Waals surface area contributed by atoms with Crippen molar-refractivity contribution in [1.29, 1.82) is 0 Å². The molecule has 1 amide bonds. The molecule has 0 saturated heterocycles. The van der Waals surface area contributed by atoms with E-state index in [0.29, 0.717) is 16.8 Å². The maximum absolute atomic E-state index is 12.8. The molecule has 4 rings (SSSR count). The summed E-state index contributed by atoms with van der Waals surface area (Å²) in [5.74, 6) is -0.229. The lowest BCUT2D eigenvalue weighted by molar-refractivity contribution is 0.102. The van der Waals surface area contributed by atoms with Crippen molar-refractivity contribution in [3.8, 4) is 11.1 Å². The van der Waals surface area contributed by atoms with Gasteiger partial charge in [-0.3, -0.25) is 9.10 Å². The number of benzene rings is 3. The van der Waals surface area contributed by atoms with Gasteiger partial charge in [-0.05, 0) is 54.8 Å². The number of amides is 1. The van der Waals surface area contributed by atoms with Crippen LogP contribution in [0, 0.1) is 0 Å². The molecule has 1 heterocycles. The van der Waals surface area contributed by atoms with E-state index in [-0.39, 0.29) is 10.8 Å². The first-order valence-corrected chi connectivity index (χ1v) is 11.5. The second kappa shape index (κ2) is 7.95. The number of nitrogens with zero attached hydrogens (tertiary/aromatic N) is 1. The number of aryl methyl sites for hydroxylation is 1. The van der Waals surface area contributed by atoms with Crippen molar-refractivity contribution in [2.24, 2.45) is 0 Å². The normalized spacial score (nSPS) is 14.0. The second-order valence-electron chi connectivity index (χ2n) is 7.46. The summed E-state index contributed by atoms with van der Waals surface area (Å²) in [4.78, 5) is 13.1. The summed E-state index contributed by atoms with van der Waals surface area (Å²) in [6, 6.07) is 19.9. The molecule has 0 spiro atoms. The molecule has 154 valence electrons. The summed E-state index contributed by atoms with van der Waals surface area (Å²) in [6.45, 7) is 2.17. The summed E-state index contributed by atoms with van der Waals surface area (Å²) >= 11 is 0. The predicted molar refractivity (Wildman–Crippen MR) is 120 cm³/mol. The lowest BCUT2D eigenvalue weighted by Gasteiger charge is -2.29. The first-order valence-electron chi connectivity index (χ1n) is 10.0. The van der Waals surface area contributed by atoms with Crippen molar-refractivity contribution >= 4 is 27.3 Å². The summed E-state index contributed by atoms with van der Waals surface area (Å²) in [5.41, 5.74) is 4.37. The van der Waals surface area contributed by atoms with E-state index in [1.165, 1.54) is 16.9 Å². The van der Waals surface area contributed by atoms with Gasteiger partial charge in [0.2, 0.25) is 0 Å². The topological polar surface area (TPSA) is 66.5 Å². The van der Waals surface area contributed by atoms with Gasteiger partial charge in [-0.15, -0.1) is 0 Å². The highest BCUT2D eigenvalue weighted by Gasteiger charge is 2.32. The number of anilines is 2. The van der Waals surface area contributed by atoms with E-state index < -0.39 is 10.0 Å². The molecule has 0 atom stereocenters. The summed E-state index contributed by atoms with van der Waals surface area (Å²) in [7, 11) is -2.06. The lowest BCUT2D eigenvalue weighted by atomic mass is 10.00. The Labute approximate surface area is 177 Å². The van der Waals surface area contributed by atoms with Crippen molar-refractivity contribution in [3.63, 3.8) is 0 Å². The fourth-order valence-electron chi connectivity index (χ4n) is 3.70. The van der Waals surface area contributed by atoms with Crippen molar-refractivity contribution in [1.82, 2.24) is 0 Å². The molecule has 6 heteroatoms. The molecule has 3 aromatic carbocycles. The minimum atomic E-state index is -3.59. The van der Waals surface area contributed by atoms with E-state index in [1.54, 1.807) is 42.5 Å². The average molecular weight is 421 g/mol. The Kier molecular flexibility index (Phi) is 5.35. The van der Waals surface area contributed by atoms with Gasteiger partial charge in [-0.25, -0.2) is 8.42 Å². The smallest absolute Gasteiger partial charge is 0.264 e. The molecule has 0 aliphatic carbocycles. The molecule has 0 aromatic heterocycles. The van der Waals surface area contributed by atoms with Crippen molar-refractivity contribution < 1.29 is 13.2 Å². The van der Waals surface area contributed by atoms with Crippen molar-refractivity contribution in [2.45, 2.75) is 31.1 Å². The van der Waals surface area contributed by atoms with E-state index in [4.69, 9.17) is 0 Å². The number of carbonyl (C=O) groups is 1. The summed E-state index contributed by atoms with van der Waals surface area (Å²) in [6.07, 6.45) is 3.33. The number of hydrogen-bond donors (Lipinski definition) is 1. The first-order chi connectivity index (χ1) is 14.4. The molecular formula is C24H24N2O3S. The zero-order valence-corrected chi connectivity index (χ0v) is 17.9. The third-order valence-corrected chi connectivity index (χ3v) is 7.27. The van der Waals surface area contributed by atoms with Crippen LogP contribution in [0.4, 0.5) is 11.4 Å². The third-order valence-electron chi connectivity index (χ3n) is 5.44. The SMILES string of the molecule is CCCCc1ccc(NC(=O)c2ccc3c(c2)-c2ccccc2S(=O)(=O)N3C)cc1. The van der Waals surface area contributed by atoms with E-state index in [9.17, 15) is 13.2 Å². The van der Waals surface area contributed by atoms with Crippen molar-refractivity contribution in [2.75, 3.05) is 16.7 Å². The fraction of sp³-hybridized carbons (Fsp3) is 0.208. The van der Waals surface area contributed by atoms with Crippen LogP contribution in [0.25, 0.3) is 11.1 Å². The molecule has 0 bridgehead atoms. The average Bonchev–Trinajstić information content (AvgIpc) is 2.77. The molecule has 5 nitrogen and oxygen atoms in total. The van der Waals surface area contributed by atoms with Gasteiger partial charge in [0.15, 0.2) is 0 Å². The standard InChI is InChI=1S/C24H24N2O3S/c1-3-4-7-17-10-13-19(14-11-17)25-24(27)18-12-15-22-21(16-18)20-8-5-6-9-23(20)30(28,29)26(22)2/h5-6,8-16H,3-4,7H2,1-2H3,(H,25,27). The largest absolute Gasteiger partial charge is 0.322 e. The Morgan fingerprint density at radius 1 is 0.967 bits per heavy atom. The Balaban J connectivity index is 1.63. The van der Waals surface area contributed by atoms with Crippen LogP contribution in [-0.2, 0) is 16.4 Å². The highest BCUT2D eigenvalue weighted by molar-refractivity contribution is 7.93. The molecular weight excluding hydrogens is 396 g/mol. The Hall–Kier alpha value is -3.12. The van der Waals surface area contributed by atoms with Gasteiger partial charge in [0, 0.05) is 29.4 Å². The number of hydrogen-bond acceptors (Lipinski definition) is 3. The van der Waals surface area contributed by atoms with Gasteiger partial charge < -0.3 is 5.32 Å². The third kappa shape index (κ3) is 3.59. The van der Waals surface area contributed by atoms with Crippen LogP contribution in [0.5, 0.6) is 0 Å². The predicted octanol–water partition coefficient (Wildman–Crippen LogP) is 5.09. The zero-order chi connectivity index (χ0) is 21.3.